The predicted octanol–water partition coefficient (Wildman–Crippen LogP) is 0.760. The van der Waals surface area contributed by atoms with Gasteiger partial charge in [0.1, 0.15) is 11.5 Å². The van der Waals surface area contributed by atoms with Crippen LogP contribution in [-0.4, -0.2) is 30.8 Å². The number of methoxy groups -OCH3 is 1. The first-order valence-electron chi connectivity index (χ1n) is 5.90. The van der Waals surface area contributed by atoms with E-state index in [1.165, 1.54) is 7.11 Å². The summed E-state index contributed by atoms with van der Waals surface area (Å²) >= 11 is 0. The summed E-state index contributed by atoms with van der Waals surface area (Å²) in [5.41, 5.74) is 7.78. The maximum atomic E-state index is 10.9. The molecule has 0 saturated carbocycles. The molecule has 0 saturated heterocycles. The number of phenols is 1. The summed E-state index contributed by atoms with van der Waals surface area (Å²) in [5.74, 6) is 0.458. The van der Waals surface area contributed by atoms with Crippen LogP contribution in [0.5, 0.6) is 11.5 Å². The molecule has 0 amide bonds. The second kappa shape index (κ2) is 5.27. The fourth-order valence-electron chi connectivity index (χ4n) is 2.16. The van der Waals surface area contributed by atoms with Crippen molar-refractivity contribution in [1.29, 1.82) is 0 Å². The minimum Gasteiger partial charge on any atom is -0.508 e. The van der Waals surface area contributed by atoms with E-state index in [0.717, 1.165) is 17.5 Å². The zero-order chi connectivity index (χ0) is 13.1. The molecule has 1 aliphatic carbocycles. The summed E-state index contributed by atoms with van der Waals surface area (Å²) in [7, 11) is 1.34. The van der Waals surface area contributed by atoms with Crippen LogP contribution in [0.4, 0.5) is 0 Å². The fourth-order valence-corrected chi connectivity index (χ4v) is 2.16. The second-order valence-corrected chi connectivity index (χ2v) is 4.42. The molecule has 0 fully saturated rings. The number of benzene rings is 1. The molecule has 0 radical (unpaired) electrons. The Hall–Kier alpha value is -1.75. The van der Waals surface area contributed by atoms with E-state index in [2.05, 4.69) is 4.74 Å². The molecule has 0 aromatic heterocycles. The molecule has 5 nitrogen and oxygen atoms in total. The standard InChI is InChI=1S/C13H17NO4/c1-17-13(16)2-3-18-10-5-8-4-9(14)6-11(8)12(15)7-10/h5,7,9,15H,2-4,6,14H2,1H3. The molecule has 0 heterocycles. The Bertz CT molecular complexity index is 459. The first-order chi connectivity index (χ1) is 8.60. The number of ether oxygens (including phenoxy) is 2. The van der Waals surface area contributed by atoms with Gasteiger partial charge in [-0.3, -0.25) is 4.79 Å². The summed E-state index contributed by atoms with van der Waals surface area (Å²) < 4.78 is 9.93. The molecule has 5 heteroatoms. The molecule has 0 spiro atoms. The molecule has 98 valence electrons. The topological polar surface area (TPSA) is 81.8 Å². The highest BCUT2D eigenvalue weighted by atomic mass is 16.5. The number of hydrogen-bond acceptors (Lipinski definition) is 5. The van der Waals surface area contributed by atoms with Crippen molar-refractivity contribution >= 4 is 5.97 Å². The van der Waals surface area contributed by atoms with E-state index in [-0.39, 0.29) is 30.8 Å². The van der Waals surface area contributed by atoms with Gasteiger partial charge in [-0.25, -0.2) is 0 Å². The van der Waals surface area contributed by atoms with Gasteiger partial charge in [0, 0.05) is 12.1 Å². The number of aromatic hydroxyl groups is 1. The van der Waals surface area contributed by atoms with Crippen molar-refractivity contribution in [2.24, 2.45) is 5.73 Å². The number of phenolic OH excluding ortho intramolecular Hbond substituents is 1. The lowest BCUT2D eigenvalue weighted by Gasteiger charge is -2.09. The largest absolute Gasteiger partial charge is 0.508 e. The van der Waals surface area contributed by atoms with E-state index in [1.807, 2.05) is 6.07 Å². The number of nitrogens with two attached hydrogens (primary N) is 1. The lowest BCUT2D eigenvalue weighted by atomic mass is 10.1. The van der Waals surface area contributed by atoms with Gasteiger partial charge in [-0.2, -0.15) is 0 Å². The Kier molecular flexibility index (Phi) is 3.72. The van der Waals surface area contributed by atoms with Crippen LogP contribution < -0.4 is 10.5 Å². The van der Waals surface area contributed by atoms with Crippen molar-refractivity contribution in [3.8, 4) is 11.5 Å². The van der Waals surface area contributed by atoms with Crippen LogP contribution in [0.1, 0.15) is 17.5 Å². The monoisotopic (exact) mass is 251 g/mol. The maximum Gasteiger partial charge on any atom is 0.308 e. The molecule has 0 bridgehead atoms. The van der Waals surface area contributed by atoms with Crippen LogP contribution in [0, 0.1) is 0 Å². The third kappa shape index (κ3) is 2.73. The Morgan fingerprint density at radius 3 is 3.00 bits per heavy atom. The molecule has 1 aromatic carbocycles. The van der Waals surface area contributed by atoms with Gasteiger partial charge in [-0.15, -0.1) is 0 Å². The van der Waals surface area contributed by atoms with E-state index in [9.17, 15) is 9.90 Å². The van der Waals surface area contributed by atoms with Gasteiger partial charge in [0.15, 0.2) is 0 Å². The first-order valence-corrected chi connectivity index (χ1v) is 5.90. The molecule has 1 aliphatic rings. The van der Waals surface area contributed by atoms with Gasteiger partial charge in [-0.05, 0) is 30.0 Å². The molecule has 1 aromatic rings. The summed E-state index contributed by atoms with van der Waals surface area (Å²) in [6.07, 6.45) is 1.63. The predicted molar refractivity (Wildman–Crippen MR) is 65.6 cm³/mol. The smallest absolute Gasteiger partial charge is 0.308 e. The molecule has 2 rings (SSSR count). The van der Waals surface area contributed by atoms with E-state index in [4.69, 9.17) is 10.5 Å². The number of carbonyl (C=O) groups is 1. The summed E-state index contributed by atoms with van der Waals surface area (Å²) in [4.78, 5) is 10.9. The van der Waals surface area contributed by atoms with E-state index in [1.54, 1.807) is 6.07 Å². The van der Waals surface area contributed by atoms with Crippen molar-refractivity contribution in [2.75, 3.05) is 13.7 Å². The summed E-state index contributed by atoms with van der Waals surface area (Å²) in [6.45, 7) is 0.233. The number of esters is 1. The molecule has 1 unspecified atom stereocenters. The fraction of sp³-hybridized carbons (Fsp3) is 0.462. The number of rotatable bonds is 4. The van der Waals surface area contributed by atoms with Crippen LogP contribution in [0.15, 0.2) is 12.1 Å². The minimum absolute atomic E-state index is 0.0659. The zero-order valence-electron chi connectivity index (χ0n) is 10.3. The Labute approximate surface area is 106 Å². The van der Waals surface area contributed by atoms with E-state index >= 15 is 0 Å². The van der Waals surface area contributed by atoms with Gasteiger partial charge < -0.3 is 20.3 Å². The Morgan fingerprint density at radius 2 is 2.28 bits per heavy atom. The number of fused-ring (bicyclic) bond motifs is 1. The quantitative estimate of drug-likeness (QED) is 0.772. The van der Waals surface area contributed by atoms with Crippen molar-refractivity contribution in [1.82, 2.24) is 0 Å². The highest BCUT2D eigenvalue weighted by Crippen LogP contribution is 2.33. The van der Waals surface area contributed by atoms with Crippen LogP contribution in [0.3, 0.4) is 0 Å². The van der Waals surface area contributed by atoms with Gasteiger partial charge in [0.05, 0.1) is 20.1 Å². The van der Waals surface area contributed by atoms with Gasteiger partial charge in [0.2, 0.25) is 0 Å². The van der Waals surface area contributed by atoms with Crippen molar-refractivity contribution < 1.29 is 19.4 Å². The van der Waals surface area contributed by atoms with E-state index < -0.39 is 0 Å². The van der Waals surface area contributed by atoms with Crippen molar-refractivity contribution in [3.63, 3.8) is 0 Å². The zero-order valence-corrected chi connectivity index (χ0v) is 10.3. The van der Waals surface area contributed by atoms with Gasteiger partial charge >= 0.3 is 5.97 Å². The lowest BCUT2D eigenvalue weighted by molar-refractivity contribution is -0.141. The average Bonchev–Trinajstić information content (AvgIpc) is 2.70. The van der Waals surface area contributed by atoms with Gasteiger partial charge in [-0.1, -0.05) is 0 Å². The van der Waals surface area contributed by atoms with Crippen LogP contribution >= 0.6 is 0 Å². The SMILES string of the molecule is COC(=O)CCOc1cc(O)c2c(c1)CC(N)C2. The van der Waals surface area contributed by atoms with Crippen LogP contribution in [0.2, 0.25) is 0 Å². The van der Waals surface area contributed by atoms with Gasteiger partial charge in [0.25, 0.3) is 0 Å². The molecule has 3 N–H and O–H groups in total. The van der Waals surface area contributed by atoms with Crippen molar-refractivity contribution in [2.45, 2.75) is 25.3 Å². The molecular weight excluding hydrogens is 234 g/mol. The van der Waals surface area contributed by atoms with Crippen molar-refractivity contribution in [3.05, 3.63) is 23.3 Å². The normalized spacial score (nSPS) is 17.3. The first kappa shape index (κ1) is 12.7. The number of carbonyl (C=O) groups excluding carboxylic acids is 1. The third-order valence-electron chi connectivity index (χ3n) is 3.04. The Morgan fingerprint density at radius 1 is 1.50 bits per heavy atom. The lowest BCUT2D eigenvalue weighted by Crippen LogP contribution is -2.19. The maximum absolute atomic E-state index is 10.9. The molecule has 18 heavy (non-hydrogen) atoms. The summed E-state index contributed by atoms with van der Waals surface area (Å²) in [6, 6.07) is 3.50. The number of hydrogen-bond donors (Lipinski definition) is 2. The van der Waals surface area contributed by atoms with Crippen LogP contribution in [-0.2, 0) is 22.4 Å². The van der Waals surface area contributed by atoms with Crippen LogP contribution in [0.25, 0.3) is 0 Å². The third-order valence-corrected chi connectivity index (χ3v) is 3.04. The highest BCUT2D eigenvalue weighted by molar-refractivity contribution is 5.69. The molecule has 1 atom stereocenters. The minimum atomic E-state index is -0.317. The van der Waals surface area contributed by atoms with E-state index in [0.29, 0.717) is 12.2 Å². The average molecular weight is 251 g/mol. The molecule has 0 aliphatic heterocycles. The second-order valence-electron chi connectivity index (χ2n) is 4.42. The summed E-state index contributed by atoms with van der Waals surface area (Å²) in [5, 5.41) is 9.86. The molecular formula is C13H17NO4. The Balaban J connectivity index is 2.01. The highest BCUT2D eigenvalue weighted by Gasteiger charge is 2.22.